The number of carbonyl (C=O) groups is 1. The lowest BCUT2D eigenvalue weighted by Gasteiger charge is -2.21. The first-order chi connectivity index (χ1) is 9.40. The molecule has 0 bridgehead atoms. The molecule has 1 saturated carbocycles. The molecule has 0 saturated heterocycles. The fourth-order valence-corrected chi connectivity index (χ4v) is 3.21. The van der Waals surface area contributed by atoms with Gasteiger partial charge in [0.05, 0.1) is 4.90 Å². The second-order valence-corrected chi connectivity index (χ2v) is 7.15. The molecular formula is C14H20N2O3S. The minimum atomic E-state index is -3.68. The average Bonchev–Trinajstić information content (AvgIpc) is 3.20. The molecule has 110 valence electrons. The van der Waals surface area contributed by atoms with E-state index in [0.29, 0.717) is 0 Å². The first-order valence-electron chi connectivity index (χ1n) is 6.78. The van der Waals surface area contributed by atoms with Gasteiger partial charge in [-0.25, -0.2) is 8.42 Å². The van der Waals surface area contributed by atoms with Gasteiger partial charge in [0.2, 0.25) is 15.9 Å². The quantitative estimate of drug-likeness (QED) is 0.830. The number of carbonyl (C=O) groups excluding carboxylic acids is 1. The summed E-state index contributed by atoms with van der Waals surface area (Å²) in [4.78, 5) is 12.3. The minimum Gasteiger partial charge on any atom is -0.352 e. The van der Waals surface area contributed by atoms with Crippen molar-refractivity contribution in [2.24, 2.45) is 5.92 Å². The van der Waals surface area contributed by atoms with Crippen molar-refractivity contribution in [3.05, 3.63) is 30.3 Å². The zero-order chi connectivity index (χ0) is 14.8. The van der Waals surface area contributed by atoms with Crippen molar-refractivity contribution in [2.45, 2.75) is 43.7 Å². The maximum atomic E-state index is 12.3. The largest absolute Gasteiger partial charge is 0.352 e. The van der Waals surface area contributed by atoms with Crippen LogP contribution >= 0.6 is 0 Å². The molecule has 0 spiro atoms. The summed E-state index contributed by atoms with van der Waals surface area (Å²) < 4.78 is 27.0. The van der Waals surface area contributed by atoms with Crippen LogP contribution in [-0.2, 0) is 14.8 Å². The van der Waals surface area contributed by atoms with Gasteiger partial charge in [-0.1, -0.05) is 32.0 Å². The molecule has 1 amide bonds. The van der Waals surface area contributed by atoms with Gasteiger partial charge < -0.3 is 5.32 Å². The summed E-state index contributed by atoms with van der Waals surface area (Å²) in [5.41, 5.74) is 0. The van der Waals surface area contributed by atoms with E-state index in [2.05, 4.69) is 10.0 Å². The Morgan fingerprint density at radius 3 is 2.30 bits per heavy atom. The summed E-state index contributed by atoms with van der Waals surface area (Å²) in [6.07, 6.45) is 1.95. The third-order valence-electron chi connectivity index (χ3n) is 3.21. The zero-order valence-electron chi connectivity index (χ0n) is 11.7. The highest BCUT2D eigenvalue weighted by atomic mass is 32.2. The molecule has 2 rings (SSSR count). The van der Waals surface area contributed by atoms with Crippen LogP contribution in [0.15, 0.2) is 35.2 Å². The summed E-state index contributed by atoms with van der Waals surface area (Å²) in [5.74, 6) is -0.366. The lowest BCUT2D eigenvalue weighted by atomic mass is 10.1. The molecule has 1 atom stereocenters. The predicted molar refractivity (Wildman–Crippen MR) is 76.6 cm³/mol. The maximum absolute atomic E-state index is 12.3. The van der Waals surface area contributed by atoms with Crippen molar-refractivity contribution in [1.82, 2.24) is 10.0 Å². The van der Waals surface area contributed by atoms with Crippen LogP contribution in [0.2, 0.25) is 0 Å². The Kier molecular flexibility index (Phi) is 4.45. The molecule has 1 fully saturated rings. The van der Waals surface area contributed by atoms with Gasteiger partial charge in [-0.05, 0) is 30.9 Å². The van der Waals surface area contributed by atoms with Crippen LogP contribution in [-0.4, -0.2) is 26.4 Å². The SMILES string of the molecule is CC(C)[C@H](NS(=O)(=O)c1ccccc1)C(=O)NC1CC1. The first kappa shape index (κ1) is 15.0. The predicted octanol–water partition coefficient (Wildman–Crippen LogP) is 1.27. The van der Waals surface area contributed by atoms with Gasteiger partial charge in [-0.15, -0.1) is 0 Å². The van der Waals surface area contributed by atoms with Crippen LogP contribution in [0.1, 0.15) is 26.7 Å². The van der Waals surface area contributed by atoms with Crippen molar-refractivity contribution in [3.8, 4) is 0 Å². The Bertz CT molecular complexity index is 565. The highest BCUT2D eigenvalue weighted by Gasteiger charge is 2.32. The molecule has 6 heteroatoms. The summed E-state index contributed by atoms with van der Waals surface area (Å²) in [5, 5.41) is 2.84. The number of benzene rings is 1. The van der Waals surface area contributed by atoms with Crippen molar-refractivity contribution in [1.29, 1.82) is 0 Å². The zero-order valence-corrected chi connectivity index (χ0v) is 12.5. The number of sulfonamides is 1. The second-order valence-electron chi connectivity index (χ2n) is 5.44. The normalized spacial score (nSPS) is 16.9. The van der Waals surface area contributed by atoms with E-state index < -0.39 is 16.1 Å². The molecule has 0 radical (unpaired) electrons. The Morgan fingerprint density at radius 1 is 1.20 bits per heavy atom. The van der Waals surface area contributed by atoms with Gasteiger partial charge >= 0.3 is 0 Å². The van der Waals surface area contributed by atoms with Gasteiger partial charge in [0.25, 0.3) is 0 Å². The number of amides is 1. The van der Waals surface area contributed by atoms with Crippen LogP contribution in [0.5, 0.6) is 0 Å². The van der Waals surface area contributed by atoms with Gasteiger partial charge in [-0.2, -0.15) is 4.72 Å². The highest BCUT2D eigenvalue weighted by molar-refractivity contribution is 7.89. The van der Waals surface area contributed by atoms with Crippen molar-refractivity contribution in [2.75, 3.05) is 0 Å². The van der Waals surface area contributed by atoms with Gasteiger partial charge in [-0.3, -0.25) is 4.79 Å². The van der Waals surface area contributed by atoms with E-state index in [1.165, 1.54) is 12.1 Å². The monoisotopic (exact) mass is 296 g/mol. The van der Waals surface area contributed by atoms with Crippen LogP contribution in [0, 0.1) is 5.92 Å². The van der Waals surface area contributed by atoms with Gasteiger partial charge in [0, 0.05) is 6.04 Å². The third-order valence-corrected chi connectivity index (χ3v) is 4.67. The standard InChI is InChI=1S/C14H20N2O3S/c1-10(2)13(14(17)15-11-8-9-11)16-20(18,19)12-6-4-3-5-7-12/h3-7,10-11,13,16H,8-9H2,1-2H3,(H,15,17)/t13-/m0/s1. The van der Waals surface area contributed by atoms with E-state index in [4.69, 9.17) is 0 Å². The van der Waals surface area contributed by atoms with Gasteiger partial charge in [0.1, 0.15) is 6.04 Å². The smallest absolute Gasteiger partial charge is 0.241 e. The van der Waals surface area contributed by atoms with Crippen LogP contribution in [0.3, 0.4) is 0 Å². The molecule has 5 nitrogen and oxygen atoms in total. The van der Waals surface area contributed by atoms with Crippen molar-refractivity contribution in [3.63, 3.8) is 0 Å². The Hall–Kier alpha value is -1.40. The molecule has 1 aliphatic carbocycles. The minimum absolute atomic E-state index is 0.118. The van der Waals surface area contributed by atoms with Crippen LogP contribution in [0.25, 0.3) is 0 Å². The molecule has 0 aliphatic heterocycles. The van der Waals surface area contributed by atoms with E-state index in [1.807, 2.05) is 13.8 Å². The maximum Gasteiger partial charge on any atom is 0.241 e. The fraction of sp³-hybridized carbons (Fsp3) is 0.500. The van der Waals surface area contributed by atoms with Crippen LogP contribution < -0.4 is 10.0 Å². The molecule has 20 heavy (non-hydrogen) atoms. The van der Waals surface area contributed by atoms with Gasteiger partial charge in [0.15, 0.2) is 0 Å². The lowest BCUT2D eigenvalue weighted by molar-refractivity contribution is -0.123. The molecular weight excluding hydrogens is 276 g/mol. The van der Waals surface area contributed by atoms with E-state index in [1.54, 1.807) is 18.2 Å². The van der Waals surface area contributed by atoms with E-state index in [-0.39, 0.29) is 22.8 Å². The molecule has 2 N–H and O–H groups in total. The van der Waals surface area contributed by atoms with Crippen molar-refractivity contribution >= 4 is 15.9 Å². The Labute approximate surface area is 119 Å². The summed E-state index contributed by atoms with van der Waals surface area (Å²) in [6.45, 7) is 3.65. The number of hydrogen-bond acceptors (Lipinski definition) is 3. The average molecular weight is 296 g/mol. The summed E-state index contributed by atoms with van der Waals surface area (Å²) in [7, 11) is -3.68. The molecule has 1 aromatic carbocycles. The van der Waals surface area contributed by atoms with E-state index in [9.17, 15) is 13.2 Å². The summed E-state index contributed by atoms with van der Waals surface area (Å²) >= 11 is 0. The lowest BCUT2D eigenvalue weighted by Crippen LogP contribution is -2.50. The third kappa shape index (κ3) is 3.80. The molecule has 1 aromatic rings. The van der Waals surface area contributed by atoms with Crippen molar-refractivity contribution < 1.29 is 13.2 Å². The number of nitrogens with one attached hydrogen (secondary N) is 2. The fourth-order valence-electron chi connectivity index (χ4n) is 1.85. The molecule has 0 unspecified atom stereocenters. The first-order valence-corrected chi connectivity index (χ1v) is 8.26. The molecule has 1 aliphatic rings. The Morgan fingerprint density at radius 2 is 1.80 bits per heavy atom. The molecule has 0 heterocycles. The van der Waals surface area contributed by atoms with E-state index in [0.717, 1.165) is 12.8 Å². The summed E-state index contributed by atoms with van der Waals surface area (Å²) in [6, 6.07) is 7.55. The molecule has 0 aromatic heterocycles. The topological polar surface area (TPSA) is 75.3 Å². The number of hydrogen-bond donors (Lipinski definition) is 2. The van der Waals surface area contributed by atoms with E-state index >= 15 is 0 Å². The Balaban J connectivity index is 2.12. The number of rotatable bonds is 6. The second kappa shape index (κ2) is 5.93. The highest BCUT2D eigenvalue weighted by Crippen LogP contribution is 2.19. The van der Waals surface area contributed by atoms with Crippen LogP contribution in [0.4, 0.5) is 0 Å².